The molecule has 0 aliphatic carbocycles. The van der Waals surface area contributed by atoms with Crippen LogP contribution in [0.25, 0.3) is 11.4 Å². The van der Waals surface area contributed by atoms with Gasteiger partial charge >= 0.3 is 0 Å². The molecule has 1 atom stereocenters. The first-order chi connectivity index (χ1) is 15.5. The summed E-state index contributed by atoms with van der Waals surface area (Å²) in [5.74, 6) is 1.18. The molecule has 3 heterocycles. The number of pyridine rings is 1. The van der Waals surface area contributed by atoms with Crippen molar-refractivity contribution in [3.63, 3.8) is 0 Å². The van der Waals surface area contributed by atoms with E-state index in [2.05, 4.69) is 20.3 Å². The maximum absolute atomic E-state index is 13.1. The zero-order valence-electron chi connectivity index (χ0n) is 18.2. The van der Waals surface area contributed by atoms with Gasteiger partial charge in [0.25, 0.3) is 5.91 Å². The average molecular weight is 445 g/mol. The van der Waals surface area contributed by atoms with E-state index >= 15 is 0 Å². The number of amides is 1. The number of thiazole rings is 1. The number of hydrogen-bond acceptors (Lipinski definition) is 7. The second-order valence-electron chi connectivity index (χ2n) is 7.59. The van der Waals surface area contributed by atoms with Crippen molar-refractivity contribution in [3.8, 4) is 11.4 Å². The Kier molecular flexibility index (Phi) is 6.51. The maximum atomic E-state index is 13.1. The Morgan fingerprint density at radius 1 is 1.12 bits per heavy atom. The highest BCUT2D eigenvalue weighted by atomic mass is 32.1. The van der Waals surface area contributed by atoms with Crippen molar-refractivity contribution in [2.45, 2.75) is 19.4 Å². The van der Waals surface area contributed by atoms with E-state index in [1.165, 1.54) is 11.3 Å². The van der Waals surface area contributed by atoms with E-state index < -0.39 is 0 Å². The van der Waals surface area contributed by atoms with E-state index in [0.717, 1.165) is 28.3 Å². The van der Waals surface area contributed by atoms with Gasteiger partial charge in [0.05, 0.1) is 22.9 Å². The Labute approximate surface area is 191 Å². The molecule has 0 spiro atoms. The van der Waals surface area contributed by atoms with Crippen molar-refractivity contribution in [1.29, 1.82) is 0 Å². The van der Waals surface area contributed by atoms with Crippen LogP contribution in [0.2, 0.25) is 0 Å². The first-order valence-corrected chi connectivity index (χ1v) is 11.1. The molecule has 162 valence electrons. The minimum absolute atomic E-state index is 0.154. The van der Waals surface area contributed by atoms with Crippen LogP contribution in [0.4, 0.5) is 5.82 Å². The zero-order chi connectivity index (χ0) is 22.5. The molecule has 0 aliphatic heterocycles. The lowest BCUT2D eigenvalue weighted by Crippen LogP contribution is -2.31. The SMILES string of the molecule is Cc1ncsc1C(=O)N[C@H](Cc1ccccc1)c1cc(N(C)C)nc(-c2cccnc2)n1. The van der Waals surface area contributed by atoms with E-state index in [1.54, 1.807) is 17.9 Å². The number of nitrogens with zero attached hydrogens (tertiary/aromatic N) is 5. The lowest BCUT2D eigenvalue weighted by Gasteiger charge is -2.21. The molecular formula is C24H24N6OS. The van der Waals surface area contributed by atoms with Crippen LogP contribution >= 0.6 is 11.3 Å². The van der Waals surface area contributed by atoms with Crippen molar-refractivity contribution < 1.29 is 4.79 Å². The van der Waals surface area contributed by atoms with Gasteiger partial charge < -0.3 is 10.2 Å². The van der Waals surface area contributed by atoms with E-state index in [-0.39, 0.29) is 11.9 Å². The van der Waals surface area contributed by atoms with Crippen LogP contribution in [0.3, 0.4) is 0 Å². The molecule has 1 aromatic carbocycles. The van der Waals surface area contributed by atoms with Crippen molar-refractivity contribution in [2.75, 3.05) is 19.0 Å². The number of anilines is 1. The number of benzene rings is 1. The van der Waals surface area contributed by atoms with Crippen LogP contribution < -0.4 is 10.2 Å². The highest BCUT2D eigenvalue weighted by molar-refractivity contribution is 7.11. The molecule has 0 unspecified atom stereocenters. The van der Waals surface area contributed by atoms with Gasteiger partial charge in [-0.2, -0.15) is 0 Å². The van der Waals surface area contributed by atoms with Crippen molar-refractivity contribution >= 4 is 23.1 Å². The van der Waals surface area contributed by atoms with Gasteiger partial charge in [-0.3, -0.25) is 9.78 Å². The van der Waals surface area contributed by atoms with Gasteiger partial charge in [0.2, 0.25) is 0 Å². The predicted molar refractivity (Wildman–Crippen MR) is 127 cm³/mol. The monoisotopic (exact) mass is 444 g/mol. The smallest absolute Gasteiger partial charge is 0.263 e. The minimum Gasteiger partial charge on any atom is -0.363 e. The Morgan fingerprint density at radius 2 is 1.94 bits per heavy atom. The summed E-state index contributed by atoms with van der Waals surface area (Å²) in [6, 6.07) is 15.4. The summed E-state index contributed by atoms with van der Waals surface area (Å²) >= 11 is 1.34. The maximum Gasteiger partial charge on any atom is 0.263 e. The highest BCUT2D eigenvalue weighted by Crippen LogP contribution is 2.25. The van der Waals surface area contributed by atoms with Crippen molar-refractivity contribution in [3.05, 3.63) is 88.3 Å². The van der Waals surface area contributed by atoms with Crippen LogP contribution in [-0.4, -0.2) is 39.9 Å². The molecule has 1 N–H and O–H groups in total. The lowest BCUT2D eigenvalue weighted by atomic mass is 10.0. The van der Waals surface area contributed by atoms with E-state index in [9.17, 15) is 4.79 Å². The van der Waals surface area contributed by atoms with Gasteiger partial charge in [-0.05, 0) is 31.0 Å². The first-order valence-electron chi connectivity index (χ1n) is 10.2. The lowest BCUT2D eigenvalue weighted by molar-refractivity contribution is 0.0939. The number of nitrogens with one attached hydrogen (secondary N) is 1. The summed E-state index contributed by atoms with van der Waals surface area (Å²) in [6.45, 7) is 1.84. The molecule has 0 radical (unpaired) electrons. The molecular weight excluding hydrogens is 420 g/mol. The Bertz CT molecular complexity index is 1190. The molecule has 0 bridgehead atoms. The number of rotatable bonds is 7. The Balaban J connectivity index is 1.76. The molecule has 4 aromatic rings. The van der Waals surface area contributed by atoms with E-state index in [0.29, 0.717) is 17.1 Å². The fraction of sp³-hybridized carbons (Fsp3) is 0.208. The molecule has 1 amide bonds. The Hall–Kier alpha value is -3.65. The predicted octanol–water partition coefficient (Wildman–Crippen LogP) is 4.08. The summed E-state index contributed by atoms with van der Waals surface area (Å²) in [6.07, 6.45) is 4.06. The van der Waals surface area contributed by atoms with E-state index in [1.807, 2.05) is 74.4 Å². The number of carbonyl (C=O) groups excluding carboxylic acids is 1. The molecule has 0 fully saturated rings. The molecule has 4 rings (SSSR count). The van der Waals surface area contributed by atoms with Crippen LogP contribution in [0.15, 0.2) is 66.4 Å². The topological polar surface area (TPSA) is 83.9 Å². The Morgan fingerprint density at radius 3 is 2.59 bits per heavy atom. The summed E-state index contributed by atoms with van der Waals surface area (Å²) in [4.78, 5) is 33.5. The molecule has 0 saturated heterocycles. The van der Waals surface area contributed by atoms with Crippen LogP contribution in [0.1, 0.15) is 32.7 Å². The third-order valence-electron chi connectivity index (χ3n) is 5.01. The summed E-state index contributed by atoms with van der Waals surface area (Å²) in [5, 5.41) is 3.18. The molecule has 7 nitrogen and oxygen atoms in total. The van der Waals surface area contributed by atoms with Crippen molar-refractivity contribution in [2.24, 2.45) is 0 Å². The average Bonchev–Trinajstić information content (AvgIpc) is 3.25. The number of aromatic nitrogens is 4. The number of hydrogen-bond donors (Lipinski definition) is 1. The standard InChI is InChI=1S/C24H24N6OS/c1-16-22(32-15-26-16)24(31)28-19(12-17-8-5-4-6-9-17)20-13-21(30(2)3)29-23(27-20)18-10-7-11-25-14-18/h4-11,13-15,19H,12H2,1-3H3,(H,28,31)/t19-/m1/s1. The van der Waals surface area contributed by atoms with Crippen LogP contribution in [0, 0.1) is 6.92 Å². The quantitative estimate of drug-likeness (QED) is 0.462. The second-order valence-corrected chi connectivity index (χ2v) is 8.45. The highest BCUT2D eigenvalue weighted by Gasteiger charge is 2.22. The summed E-state index contributed by atoms with van der Waals surface area (Å²) in [5.41, 5.74) is 5.07. The molecule has 32 heavy (non-hydrogen) atoms. The number of aryl methyl sites for hydroxylation is 1. The van der Waals surface area contributed by atoms with Crippen LogP contribution in [0.5, 0.6) is 0 Å². The summed E-state index contributed by atoms with van der Waals surface area (Å²) < 4.78 is 0. The molecule has 3 aromatic heterocycles. The number of carbonyl (C=O) groups is 1. The molecule has 8 heteroatoms. The van der Waals surface area contributed by atoms with Gasteiger partial charge in [-0.1, -0.05) is 30.3 Å². The van der Waals surface area contributed by atoms with Gasteiger partial charge in [0, 0.05) is 38.1 Å². The van der Waals surface area contributed by atoms with Gasteiger partial charge in [-0.15, -0.1) is 11.3 Å². The fourth-order valence-corrected chi connectivity index (χ4v) is 4.01. The van der Waals surface area contributed by atoms with Crippen molar-refractivity contribution in [1.82, 2.24) is 25.3 Å². The molecule has 0 saturated carbocycles. The third-order valence-corrected chi connectivity index (χ3v) is 5.93. The fourth-order valence-electron chi connectivity index (χ4n) is 3.31. The van der Waals surface area contributed by atoms with Gasteiger partial charge in [0.15, 0.2) is 5.82 Å². The van der Waals surface area contributed by atoms with Gasteiger partial charge in [0.1, 0.15) is 10.7 Å². The van der Waals surface area contributed by atoms with E-state index in [4.69, 9.17) is 4.98 Å². The largest absolute Gasteiger partial charge is 0.363 e. The summed E-state index contributed by atoms with van der Waals surface area (Å²) in [7, 11) is 3.87. The second kappa shape index (κ2) is 9.65. The first kappa shape index (κ1) is 21.6. The third kappa shape index (κ3) is 4.97. The normalized spacial score (nSPS) is 11.7. The zero-order valence-corrected chi connectivity index (χ0v) is 19.0. The van der Waals surface area contributed by atoms with Gasteiger partial charge in [-0.25, -0.2) is 15.0 Å². The molecule has 0 aliphatic rings. The van der Waals surface area contributed by atoms with Crippen LogP contribution in [-0.2, 0) is 6.42 Å². The minimum atomic E-state index is -0.344.